The third-order valence-corrected chi connectivity index (χ3v) is 3.14. The highest BCUT2D eigenvalue weighted by Crippen LogP contribution is 2.33. The molecule has 0 amide bonds. The number of rotatable bonds is 6. The van der Waals surface area contributed by atoms with E-state index < -0.39 is 0 Å². The lowest BCUT2D eigenvalue weighted by molar-refractivity contribution is 0.636. The molecule has 9 nitrogen and oxygen atoms in total. The molecule has 0 radical (unpaired) electrons. The second-order valence-corrected chi connectivity index (χ2v) is 4.99. The maximum atomic E-state index is 5.39. The molecule has 4 N–H and O–H groups in total. The molecular weight excluding hydrogens is 258 g/mol. The van der Waals surface area contributed by atoms with Crippen LogP contribution >= 0.6 is 0 Å². The Balaban J connectivity index is 1.80. The Morgan fingerprint density at radius 2 is 2.15 bits per heavy atom. The molecule has 1 saturated carbocycles. The summed E-state index contributed by atoms with van der Waals surface area (Å²) < 4.78 is 1.46. The number of hydrogen-bond acceptors (Lipinski definition) is 8. The minimum absolute atomic E-state index is 0.284. The second-order valence-electron chi connectivity index (χ2n) is 4.99. The van der Waals surface area contributed by atoms with Crippen molar-refractivity contribution in [3.05, 3.63) is 12.7 Å². The van der Waals surface area contributed by atoms with Crippen LogP contribution in [0, 0.1) is 5.92 Å². The SMILES string of the molecule is CC(CC1CC1)Nc1nc(NN)nc(-n2cncn2)n1. The van der Waals surface area contributed by atoms with Gasteiger partial charge in [0.15, 0.2) is 0 Å². The molecule has 2 aromatic rings. The Bertz CT molecular complexity index is 563. The van der Waals surface area contributed by atoms with E-state index >= 15 is 0 Å². The normalized spacial score (nSPS) is 15.9. The van der Waals surface area contributed by atoms with Gasteiger partial charge in [0, 0.05) is 6.04 Å². The van der Waals surface area contributed by atoms with Crippen molar-refractivity contribution in [2.24, 2.45) is 11.8 Å². The number of anilines is 2. The minimum atomic E-state index is 0.284. The van der Waals surface area contributed by atoms with Gasteiger partial charge in [-0.3, -0.25) is 5.43 Å². The molecule has 3 rings (SSSR count). The fourth-order valence-corrected chi connectivity index (χ4v) is 2.04. The van der Waals surface area contributed by atoms with Crippen molar-refractivity contribution >= 4 is 11.9 Å². The van der Waals surface area contributed by atoms with Gasteiger partial charge in [-0.25, -0.2) is 10.8 Å². The van der Waals surface area contributed by atoms with Crippen LogP contribution in [-0.4, -0.2) is 35.8 Å². The number of nitrogen functional groups attached to an aromatic ring is 1. The lowest BCUT2D eigenvalue weighted by Crippen LogP contribution is -2.21. The molecule has 1 aliphatic rings. The Kier molecular flexibility index (Phi) is 3.42. The largest absolute Gasteiger partial charge is 0.352 e. The fraction of sp³-hybridized carbons (Fsp3) is 0.545. The molecule has 0 spiro atoms. The zero-order valence-corrected chi connectivity index (χ0v) is 11.2. The molecule has 0 aliphatic heterocycles. The zero-order chi connectivity index (χ0) is 13.9. The lowest BCUT2D eigenvalue weighted by Gasteiger charge is -2.14. The average Bonchev–Trinajstić information content (AvgIpc) is 3.08. The topological polar surface area (TPSA) is 119 Å². The first-order valence-corrected chi connectivity index (χ1v) is 6.59. The van der Waals surface area contributed by atoms with Crippen molar-refractivity contribution in [3.8, 4) is 5.95 Å². The van der Waals surface area contributed by atoms with E-state index in [-0.39, 0.29) is 5.95 Å². The maximum absolute atomic E-state index is 5.39. The average molecular weight is 275 g/mol. The van der Waals surface area contributed by atoms with Crippen molar-refractivity contribution in [1.82, 2.24) is 29.7 Å². The number of aromatic nitrogens is 6. The smallest absolute Gasteiger partial charge is 0.258 e. The van der Waals surface area contributed by atoms with Crippen LogP contribution in [0.25, 0.3) is 5.95 Å². The summed E-state index contributed by atoms with van der Waals surface area (Å²) in [5, 5.41) is 7.27. The monoisotopic (exact) mass is 275 g/mol. The predicted molar refractivity (Wildman–Crippen MR) is 73.0 cm³/mol. The molecule has 1 fully saturated rings. The summed E-state index contributed by atoms with van der Waals surface area (Å²) in [6.07, 6.45) is 6.71. The van der Waals surface area contributed by atoms with Crippen molar-refractivity contribution in [1.29, 1.82) is 0 Å². The standard InChI is InChI=1S/C11H17N9/c1-7(4-8-2-3-8)15-9-16-10(19-12)18-11(17-9)20-6-13-5-14-20/h5-8H,2-4,12H2,1H3,(H2,15,16,17,18,19). The molecule has 2 heterocycles. The van der Waals surface area contributed by atoms with Crippen molar-refractivity contribution < 1.29 is 0 Å². The van der Waals surface area contributed by atoms with E-state index in [4.69, 9.17) is 5.84 Å². The summed E-state index contributed by atoms with van der Waals surface area (Å²) in [5.41, 5.74) is 2.43. The predicted octanol–water partition coefficient (Wildman–Crippen LogP) is 0.338. The zero-order valence-electron chi connectivity index (χ0n) is 11.2. The van der Waals surface area contributed by atoms with Crippen LogP contribution in [0.15, 0.2) is 12.7 Å². The van der Waals surface area contributed by atoms with E-state index in [1.807, 2.05) is 0 Å². The summed E-state index contributed by atoms with van der Waals surface area (Å²) in [5.74, 6) is 7.35. The van der Waals surface area contributed by atoms with Crippen LogP contribution in [0.4, 0.5) is 11.9 Å². The van der Waals surface area contributed by atoms with Crippen LogP contribution in [0.1, 0.15) is 26.2 Å². The van der Waals surface area contributed by atoms with Crippen molar-refractivity contribution in [2.75, 3.05) is 10.7 Å². The molecule has 106 valence electrons. The van der Waals surface area contributed by atoms with E-state index in [0.717, 1.165) is 12.3 Å². The molecule has 0 aromatic carbocycles. The highest BCUT2D eigenvalue weighted by atomic mass is 15.4. The van der Waals surface area contributed by atoms with E-state index in [9.17, 15) is 0 Å². The summed E-state index contributed by atoms with van der Waals surface area (Å²) in [6, 6.07) is 0.305. The second kappa shape index (κ2) is 5.37. The summed E-state index contributed by atoms with van der Waals surface area (Å²) >= 11 is 0. The first-order chi connectivity index (χ1) is 9.74. The number of nitrogens with zero attached hydrogens (tertiary/aromatic N) is 6. The number of hydrazine groups is 1. The third-order valence-electron chi connectivity index (χ3n) is 3.14. The van der Waals surface area contributed by atoms with Gasteiger partial charge in [-0.2, -0.15) is 24.7 Å². The summed E-state index contributed by atoms with van der Waals surface area (Å²) in [4.78, 5) is 16.5. The Morgan fingerprint density at radius 3 is 2.80 bits per heavy atom. The Hall–Kier alpha value is -2.29. The van der Waals surface area contributed by atoms with Crippen LogP contribution in [0.2, 0.25) is 0 Å². The third kappa shape index (κ3) is 2.99. The highest BCUT2D eigenvalue weighted by Gasteiger charge is 2.24. The van der Waals surface area contributed by atoms with Gasteiger partial charge in [0.25, 0.3) is 5.95 Å². The summed E-state index contributed by atoms with van der Waals surface area (Å²) in [7, 11) is 0. The molecule has 0 bridgehead atoms. The van der Waals surface area contributed by atoms with Gasteiger partial charge in [0.05, 0.1) is 0 Å². The Labute approximate surface area is 116 Å². The van der Waals surface area contributed by atoms with Gasteiger partial charge < -0.3 is 5.32 Å². The van der Waals surface area contributed by atoms with Gasteiger partial charge in [0.1, 0.15) is 12.7 Å². The molecular formula is C11H17N9. The Morgan fingerprint density at radius 1 is 1.35 bits per heavy atom. The first kappa shape index (κ1) is 12.7. The molecule has 1 atom stereocenters. The van der Waals surface area contributed by atoms with Gasteiger partial charge >= 0.3 is 0 Å². The van der Waals surface area contributed by atoms with Crippen LogP contribution in [-0.2, 0) is 0 Å². The van der Waals surface area contributed by atoms with Gasteiger partial charge in [-0.05, 0) is 19.3 Å². The van der Waals surface area contributed by atoms with Gasteiger partial charge in [0.2, 0.25) is 11.9 Å². The van der Waals surface area contributed by atoms with E-state index in [2.05, 4.69) is 42.7 Å². The fourth-order valence-electron chi connectivity index (χ4n) is 2.04. The van der Waals surface area contributed by atoms with E-state index in [1.165, 1.54) is 30.2 Å². The molecule has 20 heavy (non-hydrogen) atoms. The first-order valence-electron chi connectivity index (χ1n) is 6.59. The van der Waals surface area contributed by atoms with Crippen LogP contribution < -0.4 is 16.6 Å². The maximum Gasteiger partial charge on any atom is 0.258 e. The number of nitrogens with two attached hydrogens (primary N) is 1. The van der Waals surface area contributed by atoms with Crippen molar-refractivity contribution in [2.45, 2.75) is 32.2 Å². The van der Waals surface area contributed by atoms with Crippen LogP contribution in [0.5, 0.6) is 0 Å². The number of nitrogens with one attached hydrogen (secondary N) is 2. The van der Waals surface area contributed by atoms with Gasteiger partial charge in [-0.15, -0.1) is 0 Å². The molecule has 1 aliphatic carbocycles. The lowest BCUT2D eigenvalue weighted by atomic mass is 10.2. The van der Waals surface area contributed by atoms with E-state index in [0.29, 0.717) is 17.9 Å². The molecule has 0 saturated heterocycles. The molecule has 9 heteroatoms. The minimum Gasteiger partial charge on any atom is -0.352 e. The van der Waals surface area contributed by atoms with E-state index in [1.54, 1.807) is 0 Å². The number of hydrogen-bond donors (Lipinski definition) is 3. The molecule has 2 aromatic heterocycles. The van der Waals surface area contributed by atoms with Gasteiger partial charge in [-0.1, -0.05) is 12.8 Å². The van der Waals surface area contributed by atoms with Crippen molar-refractivity contribution in [3.63, 3.8) is 0 Å². The molecule has 1 unspecified atom stereocenters. The van der Waals surface area contributed by atoms with Crippen LogP contribution in [0.3, 0.4) is 0 Å². The quantitative estimate of drug-likeness (QED) is 0.510. The highest BCUT2D eigenvalue weighted by molar-refractivity contribution is 5.37. The summed E-state index contributed by atoms with van der Waals surface area (Å²) in [6.45, 7) is 2.12.